The minimum absolute atomic E-state index is 0.0752. The van der Waals surface area contributed by atoms with E-state index in [1.54, 1.807) is 22.7 Å². The lowest BCUT2D eigenvalue weighted by atomic mass is 9.88. The number of hydrogen-bond acceptors (Lipinski definition) is 4. The van der Waals surface area contributed by atoms with Crippen LogP contribution in [-0.2, 0) is 0 Å². The first-order chi connectivity index (χ1) is 18.7. The molecule has 0 N–H and O–H groups in total. The van der Waals surface area contributed by atoms with Crippen LogP contribution in [0.4, 0.5) is 21.9 Å². The molecule has 2 amide bonds. The number of aryl methyl sites for hydroxylation is 1. The molecular formula is C33H28N2O3S. The molecule has 6 heteroatoms. The molecule has 0 spiro atoms. The van der Waals surface area contributed by atoms with Gasteiger partial charge in [-0.05, 0) is 87.9 Å². The molecule has 4 aromatic carbocycles. The van der Waals surface area contributed by atoms with E-state index in [0.717, 1.165) is 43.6 Å². The van der Waals surface area contributed by atoms with Crippen LogP contribution in [0.5, 0.6) is 5.75 Å². The molecular weight excluding hydrogens is 504 g/mol. The van der Waals surface area contributed by atoms with Crippen LogP contribution in [0, 0.1) is 6.92 Å². The van der Waals surface area contributed by atoms with E-state index in [9.17, 15) is 9.59 Å². The summed E-state index contributed by atoms with van der Waals surface area (Å²) < 4.78 is 5.97. The van der Waals surface area contributed by atoms with E-state index in [4.69, 9.17) is 4.74 Å². The summed E-state index contributed by atoms with van der Waals surface area (Å²) >= 11 is 1.64. The number of carbonyl (C=O) groups is 2. The maximum Gasteiger partial charge on any atom is 0.424 e. The zero-order chi connectivity index (χ0) is 27.3. The van der Waals surface area contributed by atoms with Gasteiger partial charge in [0.1, 0.15) is 5.75 Å². The number of rotatable bonds is 2. The second-order valence-electron chi connectivity index (χ2n) is 10.4. The number of benzene rings is 4. The molecule has 39 heavy (non-hydrogen) atoms. The summed E-state index contributed by atoms with van der Waals surface area (Å²) in [4.78, 5) is 32.8. The fraction of sp³-hybridized carbons (Fsp3) is 0.152. The molecule has 0 bridgehead atoms. The number of carbonyl (C=O) groups excluding carboxylic acids is 2. The van der Waals surface area contributed by atoms with Gasteiger partial charge in [0.05, 0.1) is 22.6 Å². The number of fused-ring (bicyclic) bond motifs is 3. The fourth-order valence-electron chi connectivity index (χ4n) is 5.32. The van der Waals surface area contributed by atoms with Crippen molar-refractivity contribution in [2.24, 2.45) is 0 Å². The zero-order valence-corrected chi connectivity index (χ0v) is 23.1. The second kappa shape index (κ2) is 9.47. The number of hydrogen-bond donors (Lipinski definition) is 0. The number of anilines is 3. The Labute approximate surface area is 232 Å². The van der Waals surface area contributed by atoms with Crippen LogP contribution < -0.4 is 14.5 Å². The van der Waals surface area contributed by atoms with Crippen LogP contribution in [-0.4, -0.2) is 17.5 Å². The van der Waals surface area contributed by atoms with Crippen molar-refractivity contribution >= 4 is 46.4 Å². The van der Waals surface area contributed by atoms with E-state index >= 15 is 0 Å². The van der Waals surface area contributed by atoms with Gasteiger partial charge in [-0.1, -0.05) is 59.8 Å². The highest BCUT2D eigenvalue weighted by Gasteiger charge is 2.37. The predicted octanol–water partition coefficient (Wildman–Crippen LogP) is 8.64. The molecule has 2 heterocycles. The van der Waals surface area contributed by atoms with Gasteiger partial charge in [-0.3, -0.25) is 9.69 Å². The lowest BCUT2D eigenvalue weighted by Crippen LogP contribution is -2.49. The van der Waals surface area contributed by atoms with Crippen molar-refractivity contribution in [3.8, 4) is 5.75 Å². The summed E-state index contributed by atoms with van der Waals surface area (Å²) in [7, 11) is 0. The normalized spacial score (nSPS) is 15.0. The number of nitrogens with zero attached hydrogens (tertiary/aromatic N) is 2. The zero-order valence-electron chi connectivity index (χ0n) is 22.3. The smallest absolute Gasteiger partial charge is 0.410 e. The Bertz CT molecular complexity index is 1610. The van der Waals surface area contributed by atoms with E-state index in [1.165, 1.54) is 0 Å². The molecule has 5 nitrogen and oxygen atoms in total. The minimum atomic E-state index is -0.532. The van der Waals surface area contributed by atoms with Crippen LogP contribution in [0.2, 0.25) is 0 Å². The SMILES string of the molecule is CC1=CC(C)(C)N(C(=O)c2ccc(C)cc2)c2ccc(OC(=O)N3c4ccccc4Sc4ccccc43)cc21. The minimum Gasteiger partial charge on any atom is -0.410 e. The maximum absolute atomic E-state index is 13.7. The average molecular weight is 533 g/mol. The number of ether oxygens (including phenoxy) is 1. The average Bonchev–Trinajstić information content (AvgIpc) is 2.91. The summed E-state index contributed by atoms with van der Waals surface area (Å²) in [5.74, 6) is 0.343. The first-order valence-electron chi connectivity index (χ1n) is 12.9. The molecule has 0 atom stereocenters. The van der Waals surface area contributed by atoms with Crippen molar-refractivity contribution in [3.05, 3.63) is 114 Å². The van der Waals surface area contributed by atoms with Gasteiger partial charge in [-0.15, -0.1) is 0 Å². The van der Waals surface area contributed by atoms with Crippen LogP contribution in [0.3, 0.4) is 0 Å². The van der Waals surface area contributed by atoms with E-state index in [0.29, 0.717) is 11.3 Å². The van der Waals surface area contributed by atoms with Crippen LogP contribution in [0.25, 0.3) is 5.57 Å². The second-order valence-corrected chi connectivity index (χ2v) is 11.5. The highest BCUT2D eigenvalue weighted by Crippen LogP contribution is 2.48. The largest absolute Gasteiger partial charge is 0.424 e. The molecule has 6 rings (SSSR count). The van der Waals surface area contributed by atoms with Crippen LogP contribution in [0.1, 0.15) is 42.3 Å². The molecule has 0 aromatic heterocycles. The van der Waals surface area contributed by atoms with E-state index in [1.807, 2.05) is 118 Å². The van der Waals surface area contributed by atoms with Crippen molar-refractivity contribution in [2.75, 3.05) is 9.80 Å². The monoisotopic (exact) mass is 532 g/mol. The molecule has 194 valence electrons. The maximum atomic E-state index is 13.7. The molecule has 0 saturated heterocycles. The summed E-state index contributed by atoms with van der Waals surface area (Å²) in [5.41, 5.74) is 5.44. The number of amides is 2. The first-order valence-corrected chi connectivity index (χ1v) is 13.7. The van der Waals surface area contributed by atoms with Gasteiger partial charge in [0.2, 0.25) is 0 Å². The standard InChI is InChI=1S/C33H28N2O3S/c1-21-13-15-23(16-14-21)31(36)35-26-18-17-24(19-25(26)22(2)20-33(35,3)4)38-32(37)34-27-9-5-7-11-29(27)39-30-12-8-6-10-28(30)34/h5-20H,1-4H3. The Balaban J connectivity index is 1.35. The predicted molar refractivity (Wildman–Crippen MR) is 157 cm³/mol. The van der Waals surface area contributed by atoms with Crippen LogP contribution >= 0.6 is 11.8 Å². The van der Waals surface area contributed by atoms with Gasteiger partial charge in [0.25, 0.3) is 5.91 Å². The Morgan fingerprint density at radius 1 is 0.769 bits per heavy atom. The number of allylic oxidation sites excluding steroid dienone is 1. The van der Waals surface area contributed by atoms with Crippen molar-refractivity contribution in [1.29, 1.82) is 0 Å². The third kappa shape index (κ3) is 4.41. The third-order valence-electron chi connectivity index (χ3n) is 7.10. The molecule has 2 aliphatic rings. The topological polar surface area (TPSA) is 49.9 Å². The van der Waals surface area contributed by atoms with Gasteiger partial charge < -0.3 is 4.74 Å². The Kier molecular flexibility index (Phi) is 6.07. The number of para-hydroxylation sites is 2. The fourth-order valence-corrected chi connectivity index (χ4v) is 6.37. The summed E-state index contributed by atoms with van der Waals surface area (Å²) in [6, 6.07) is 28.7. The molecule has 2 aliphatic heterocycles. The highest BCUT2D eigenvalue weighted by molar-refractivity contribution is 7.99. The molecule has 0 saturated carbocycles. The summed E-state index contributed by atoms with van der Waals surface area (Å²) in [5, 5.41) is 0. The van der Waals surface area contributed by atoms with Gasteiger partial charge in [-0.2, -0.15) is 0 Å². The van der Waals surface area contributed by atoms with E-state index in [2.05, 4.69) is 6.08 Å². The Morgan fingerprint density at radius 3 is 2.03 bits per heavy atom. The van der Waals surface area contributed by atoms with E-state index in [-0.39, 0.29) is 5.91 Å². The van der Waals surface area contributed by atoms with Crippen molar-refractivity contribution < 1.29 is 14.3 Å². The van der Waals surface area contributed by atoms with Gasteiger partial charge in [-0.25, -0.2) is 9.69 Å². The van der Waals surface area contributed by atoms with Crippen molar-refractivity contribution in [1.82, 2.24) is 0 Å². The third-order valence-corrected chi connectivity index (χ3v) is 8.23. The van der Waals surface area contributed by atoms with Gasteiger partial charge in [0, 0.05) is 20.9 Å². The molecule has 0 fully saturated rings. The quantitative estimate of drug-likeness (QED) is 0.259. The lowest BCUT2D eigenvalue weighted by Gasteiger charge is -2.41. The molecule has 0 aliphatic carbocycles. The first kappa shape index (κ1) is 25.0. The summed E-state index contributed by atoms with van der Waals surface area (Å²) in [6.07, 6.45) is 1.60. The van der Waals surface area contributed by atoms with Crippen molar-refractivity contribution in [2.45, 2.75) is 43.0 Å². The van der Waals surface area contributed by atoms with Gasteiger partial charge in [0.15, 0.2) is 0 Å². The van der Waals surface area contributed by atoms with Crippen LogP contribution in [0.15, 0.2) is 107 Å². The Morgan fingerprint density at radius 2 is 1.38 bits per heavy atom. The molecule has 0 unspecified atom stereocenters. The lowest BCUT2D eigenvalue weighted by molar-refractivity contribution is 0.0970. The Hall–Kier alpha value is -4.29. The van der Waals surface area contributed by atoms with Gasteiger partial charge >= 0.3 is 6.09 Å². The molecule has 4 aromatic rings. The summed E-state index contributed by atoms with van der Waals surface area (Å²) in [6.45, 7) is 8.09. The molecule has 0 radical (unpaired) electrons. The highest BCUT2D eigenvalue weighted by atomic mass is 32.2. The van der Waals surface area contributed by atoms with Crippen molar-refractivity contribution in [3.63, 3.8) is 0 Å². The van der Waals surface area contributed by atoms with E-state index < -0.39 is 11.6 Å².